The summed E-state index contributed by atoms with van der Waals surface area (Å²) in [6.45, 7) is 0. The standard InChI is InChI=1S/C18H21NO3/c20-17(11-13-5-1-2-6-13)19-14-7-8-15-16(12-14)22-18(21-15)9-3-4-10-18/h1,5,7-8,12-13H,2-4,6,9-11H2,(H,19,20)/t13-/m1/s1. The van der Waals surface area contributed by atoms with Gasteiger partial charge in [0.05, 0.1) is 0 Å². The van der Waals surface area contributed by atoms with Crippen LogP contribution in [0.5, 0.6) is 11.5 Å². The van der Waals surface area contributed by atoms with E-state index in [2.05, 4.69) is 17.5 Å². The summed E-state index contributed by atoms with van der Waals surface area (Å²) in [7, 11) is 0. The maximum atomic E-state index is 12.1. The van der Waals surface area contributed by atoms with E-state index in [0.29, 0.717) is 12.3 Å². The number of hydrogen-bond acceptors (Lipinski definition) is 3. The molecular formula is C18H21NO3. The third-order valence-electron chi connectivity index (χ3n) is 4.74. The Morgan fingerprint density at radius 2 is 2.05 bits per heavy atom. The van der Waals surface area contributed by atoms with Gasteiger partial charge in [0.1, 0.15) is 0 Å². The lowest BCUT2D eigenvalue weighted by atomic mass is 10.1. The zero-order chi connectivity index (χ0) is 15.0. The van der Waals surface area contributed by atoms with Gasteiger partial charge in [-0.25, -0.2) is 0 Å². The second-order valence-corrected chi connectivity index (χ2v) is 6.50. The van der Waals surface area contributed by atoms with E-state index in [1.165, 1.54) is 0 Å². The average Bonchev–Trinajstić information content (AvgIpc) is 3.20. The molecule has 1 N–H and O–H groups in total. The van der Waals surface area contributed by atoms with Gasteiger partial charge in [-0.05, 0) is 43.7 Å². The summed E-state index contributed by atoms with van der Waals surface area (Å²) in [4.78, 5) is 12.1. The molecule has 1 spiro atoms. The Morgan fingerprint density at radius 3 is 2.82 bits per heavy atom. The van der Waals surface area contributed by atoms with Crippen LogP contribution >= 0.6 is 0 Å². The molecule has 1 atom stereocenters. The first-order chi connectivity index (χ1) is 10.7. The smallest absolute Gasteiger partial charge is 0.251 e. The van der Waals surface area contributed by atoms with Crippen molar-refractivity contribution in [3.63, 3.8) is 0 Å². The minimum atomic E-state index is -0.445. The number of nitrogens with one attached hydrogen (secondary N) is 1. The zero-order valence-corrected chi connectivity index (χ0v) is 12.6. The summed E-state index contributed by atoms with van der Waals surface area (Å²) in [5, 5.41) is 2.97. The minimum Gasteiger partial charge on any atom is -0.448 e. The van der Waals surface area contributed by atoms with Gasteiger partial charge in [0.2, 0.25) is 5.91 Å². The molecule has 0 saturated heterocycles. The average molecular weight is 299 g/mol. The van der Waals surface area contributed by atoms with Crippen LogP contribution in [0.3, 0.4) is 0 Å². The molecule has 1 saturated carbocycles. The molecule has 1 heterocycles. The van der Waals surface area contributed by atoms with Crippen molar-refractivity contribution in [3.8, 4) is 11.5 Å². The molecule has 116 valence electrons. The van der Waals surface area contributed by atoms with Crippen LogP contribution in [0.2, 0.25) is 0 Å². The SMILES string of the molecule is O=C(C[C@@H]1C=CCC1)Nc1ccc2c(c1)OC1(CCCC1)O2. The topological polar surface area (TPSA) is 47.6 Å². The van der Waals surface area contributed by atoms with Crippen molar-refractivity contribution in [1.82, 2.24) is 0 Å². The van der Waals surface area contributed by atoms with Crippen LogP contribution in [0.4, 0.5) is 5.69 Å². The minimum absolute atomic E-state index is 0.0611. The van der Waals surface area contributed by atoms with Crippen LogP contribution in [-0.2, 0) is 4.79 Å². The van der Waals surface area contributed by atoms with Gasteiger partial charge in [0.15, 0.2) is 11.5 Å². The third-order valence-corrected chi connectivity index (χ3v) is 4.74. The molecule has 2 aliphatic carbocycles. The number of hydrogen-bond donors (Lipinski definition) is 1. The molecule has 1 amide bonds. The Labute approximate surface area is 130 Å². The van der Waals surface area contributed by atoms with Crippen molar-refractivity contribution < 1.29 is 14.3 Å². The highest BCUT2D eigenvalue weighted by molar-refractivity contribution is 5.91. The van der Waals surface area contributed by atoms with Gasteiger partial charge < -0.3 is 14.8 Å². The zero-order valence-electron chi connectivity index (χ0n) is 12.6. The number of ether oxygens (including phenoxy) is 2. The first kappa shape index (κ1) is 13.7. The van der Waals surface area contributed by atoms with E-state index in [0.717, 1.165) is 55.7 Å². The third kappa shape index (κ3) is 2.58. The number of rotatable bonds is 3. The Kier molecular flexibility index (Phi) is 3.32. The molecule has 1 aromatic carbocycles. The highest BCUT2D eigenvalue weighted by atomic mass is 16.7. The van der Waals surface area contributed by atoms with Crippen LogP contribution in [-0.4, -0.2) is 11.7 Å². The van der Waals surface area contributed by atoms with Crippen LogP contribution in [0.15, 0.2) is 30.4 Å². The Bertz CT molecular complexity index is 617. The van der Waals surface area contributed by atoms with Crippen LogP contribution in [0.25, 0.3) is 0 Å². The maximum Gasteiger partial charge on any atom is 0.251 e. The Morgan fingerprint density at radius 1 is 1.23 bits per heavy atom. The number of allylic oxidation sites excluding steroid dienone is 2. The van der Waals surface area contributed by atoms with E-state index in [1.807, 2.05) is 18.2 Å². The van der Waals surface area contributed by atoms with Gasteiger partial charge in [-0.2, -0.15) is 0 Å². The number of carbonyl (C=O) groups is 1. The molecule has 22 heavy (non-hydrogen) atoms. The first-order valence-corrected chi connectivity index (χ1v) is 8.21. The second-order valence-electron chi connectivity index (χ2n) is 6.50. The van der Waals surface area contributed by atoms with Crippen molar-refractivity contribution in [3.05, 3.63) is 30.4 Å². The van der Waals surface area contributed by atoms with Gasteiger partial charge in [0.25, 0.3) is 5.79 Å². The van der Waals surface area contributed by atoms with Crippen molar-refractivity contribution in [2.75, 3.05) is 5.32 Å². The van der Waals surface area contributed by atoms with E-state index < -0.39 is 5.79 Å². The summed E-state index contributed by atoms with van der Waals surface area (Å²) in [5.74, 6) is 1.54. The lowest BCUT2D eigenvalue weighted by Gasteiger charge is -2.21. The molecule has 0 bridgehead atoms. The monoisotopic (exact) mass is 299 g/mol. The fraction of sp³-hybridized carbons (Fsp3) is 0.500. The molecule has 3 aliphatic rings. The largest absolute Gasteiger partial charge is 0.448 e. The Balaban J connectivity index is 1.42. The van der Waals surface area contributed by atoms with Gasteiger partial charge in [-0.3, -0.25) is 4.79 Å². The highest BCUT2D eigenvalue weighted by Gasteiger charge is 2.44. The molecule has 1 fully saturated rings. The summed E-state index contributed by atoms with van der Waals surface area (Å²) in [6.07, 6.45) is 11.2. The summed E-state index contributed by atoms with van der Waals surface area (Å²) in [5.41, 5.74) is 0.782. The van der Waals surface area contributed by atoms with Crippen LogP contribution in [0.1, 0.15) is 44.9 Å². The van der Waals surface area contributed by atoms with E-state index in [4.69, 9.17) is 9.47 Å². The fourth-order valence-electron chi connectivity index (χ4n) is 3.60. The summed E-state index contributed by atoms with van der Waals surface area (Å²) >= 11 is 0. The van der Waals surface area contributed by atoms with Crippen molar-refractivity contribution in [1.29, 1.82) is 0 Å². The lowest BCUT2D eigenvalue weighted by molar-refractivity contribution is -0.116. The van der Waals surface area contributed by atoms with Crippen molar-refractivity contribution in [2.24, 2.45) is 5.92 Å². The number of benzene rings is 1. The molecule has 0 aromatic heterocycles. The number of fused-ring (bicyclic) bond motifs is 1. The molecule has 4 nitrogen and oxygen atoms in total. The summed E-state index contributed by atoms with van der Waals surface area (Å²) < 4.78 is 12.0. The van der Waals surface area contributed by atoms with Gasteiger partial charge >= 0.3 is 0 Å². The van der Waals surface area contributed by atoms with Gasteiger partial charge in [-0.15, -0.1) is 0 Å². The fourth-order valence-corrected chi connectivity index (χ4v) is 3.60. The lowest BCUT2D eigenvalue weighted by Crippen LogP contribution is -2.34. The quantitative estimate of drug-likeness (QED) is 0.857. The predicted molar refractivity (Wildman–Crippen MR) is 84.0 cm³/mol. The molecule has 0 unspecified atom stereocenters. The number of amides is 1. The first-order valence-electron chi connectivity index (χ1n) is 8.21. The Hall–Kier alpha value is -1.97. The molecule has 0 radical (unpaired) electrons. The van der Waals surface area contributed by atoms with Crippen LogP contribution in [0, 0.1) is 5.92 Å². The van der Waals surface area contributed by atoms with Crippen LogP contribution < -0.4 is 14.8 Å². The van der Waals surface area contributed by atoms with E-state index in [1.54, 1.807) is 0 Å². The number of carbonyl (C=O) groups excluding carboxylic acids is 1. The molecule has 4 heteroatoms. The molecule has 4 rings (SSSR count). The van der Waals surface area contributed by atoms with E-state index in [9.17, 15) is 4.79 Å². The van der Waals surface area contributed by atoms with E-state index >= 15 is 0 Å². The van der Waals surface area contributed by atoms with Crippen molar-refractivity contribution >= 4 is 11.6 Å². The maximum absolute atomic E-state index is 12.1. The predicted octanol–water partition coefficient (Wildman–Crippen LogP) is 4.02. The molecular weight excluding hydrogens is 278 g/mol. The molecule has 1 aromatic rings. The van der Waals surface area contributed by atoms with Crippen molar-refractivity contribution in [2.45, 2.75) is 50.7 Å². The number of anilines is 1. The highest BCUT2D eigenvalue weighted by Crippen LogP contribution is 2.47. The van der Waals surface area contributed by atoms with Gasteiger partial charge in [0, 0.05) is 31.0 Å². The van der Waals surface area contributed by atoms with E-state index in [-0.39, 0.29) is 5.91 Å². The molecule has 1 aliphatic heterocycles. The normalized spacial score (nSPS) is 24.1. The summed E-state index contributed by atoms with van der Waals surface area (Å²) in [6, 6.07) is 5.66. The second kappa shape index (κ2) is 5.34. The van der Waals surface area contributed by atoms with Gasteiger partial charge in [-0.1, -0.05) is 12.2 Å².